The third-order valence-electron chi connectivity index (χ3n) is 1.77. The van der Waals surface area contributed by atoms with Crippen molar-refractivity contribution in [3.63, 3.8) is 0 Å². The maximum absolute atomic E-state index is 5.58. The minimum atomic E-state index is 0. The van der Waals surface area contributed by atoms with E-state index in [1.165, 1.54) is 0 Å². The first-order chi connectivity index (χ1) is 4.68. The van der Waals surface area contributed by atoms with Crippen molar-refractivity contribution in [2.24, 2.45) is 11.1 Å². The molecule has 11 heavy (non-hydrogen) atoms. The molecule has 0 aromatic heterocycles. The summed E-state index contributed by atoms with van der Waals surface area (Å²) in [6, 6.07) is 0. The van der Waals surface area contributed by atoms with Gasteiger partial charge in [0.15, 0.2) is 0 Å². The Bertz CT molecular complexity index is 111. The van der Waals surface area contributed by atoms with E-state index >= 15 is 0 Å². The highest BCUT2D eigenvalue weighted by Gasteiger charge is 2.17. The first-order valence-corrected chi connectivity index (χ1v) is 3.60. The summed E-state index contributed by atoms with van der Waals surface area (Å²) in [6.45, 7) is 10.2. The smallest absolute Gasteiger partial charge is 0.00172 e. The Morgan fingerprint density at radius 2 is 1.64 bits per heavy atom. The third kappa shape index (κ3) is 5.05. The van der Waals surface area contributed by atoms with Crippen molar-refractivity contribution in [2.45, 2.75) is 19.8 Å². The van der Waals surface area contributed by atoms with E-state index in [-0.39, 0.29) is 17.8 Å². The molecule has 0 unspecified atom stereocenters. The summed E-state index contributed by atoms with van der Waals surface area (Å²) in [5.41, 5.74) is 5.77. The van der Waals surface area contributed by atoms with Gasteiger partial charge in [-0.3, -0.25) is 0 Å². The Kier molecular flexibility index (Phi) is 7.80. The normalized spacial score (nSPS) is 10.0. The van der Waals surface area contributed by atoms with Crippen LogP contribution in [0.3, 0.4) is 0 Å². The van der Waals surface area contributed by atoms with Crippen LogP contribution in [-0.2, 0) is 0 Å². The average molecular weight is 176 g/mol. The van der Waals surface area contributed by atoms with Crippen LogP contribution in [0, 0.1) is 5.41 Å². The molecule has 66 valence electrons. The van der Waals surface area contributed by atoms with Crippen molar-refractivity contribution >= 4 is 12.4 Å². The molecular formula is C9H18ClN. The van der Waals surface area contributed by atoms with Gasteiger partial charge in [0.05, 0.1) is 0 Å². The molecular weight excluding hydrogens is 158 g/mol. The zero-order valence-corrected chi connectivity index (χ0v) is 7.99. The van der Waals surface area contributed by atoms with Gasteiger partial charge in [-0.05, 0) is 24.8 Å². The van der Waals surface area contributed by atoms with E-state index in [4.69, 9.17) is 5.73 Å². The van der Waals surface area contributed by atoms with E-state index in [1.54, 1.807) is 0 Å². The Morgan fingerprint density at radius 1 is 1.27 bits per heavy atom. The summed E-state index contributed by atoms with van der Waals surface area (Å²) in [7, 11) is 0. The second-order valence-corrected chi connectivity index (χ2v) is 3.00. The van der Waals surface area contributed by atoms with Crippen LogP contribution in [0.1, 0.15) is 19.8 Å². The van der Waals surface area contributed by atoms with Crippen molar-refractivity contribution in [1.82, 2.24) is 0 Å². The lowest BCUT2D eigenvalue weighted by Crippen LogP contribution is -2.25. The highest BCUT2D eigenvalue weighted by atomic mass is 35.5. The summed E-state index contributed by atoms with van der Waals surface area (Å²) >= 11 is 0. The van der Waals surface area contributed by atoms with E-state index in [9.17, 15) is 0 Å². The molecule has 0 saturated carbocycles. The molecule has 0 aliphatic heterocycles. The SMILES string of the molecule is C=CCC(C)(CN)CC=C.Cl. The van der Waals surface area contributed by atoms with Crippen LogP contribution in [-0.4, -0.2) is 6.54 Å². The minimum Gasteiger partial charge on any atom is -0.330 e. The largest absolute Gasteiger partial charge is 0.330 e. The minimum absolute atomic E-state index is 0. The zero-order valence-electron chi connectivity index (χ0n) is 7.18. The molecule has 0 saturated heterocycles. The molecule has 0 amide bonds. The molecule has 2 N–H and O–H groups in total. The van der Waals surface area contributed by atoms with Gasteiger partial charge in [-0.15, -0.1) is 25.6 Å². The highest BCUT2D eigenvalue weighted by molar-refractivity contribution is 5.85. The summed E-state index contributed by atoms with van der Waals surface area (Å²) in [6.07, 6.45) is 5.76. The van der Waals surface area contributed by atoms with Gasteiger partial charge in [-0.2, -0.15) is 0 Å². The van der Waals surface area contributed by atoms with Crippen molar-refractivity contribution in [3.8, 4) is 0 Å². The van der Waals surface area contributed by atoms with E-state index in [1.807, 2.05) is 12.2 Å². The molecule has 0 aliphatic carbocycles. The molecule has 0 rings (SSSR count). The average Bonchev–Trinajstić information content (AvgIpc) is 1.89. The zero-order chi connectivity index (χ0) is 8.04. The number of rotatable bonds is 5. The third-order valence-corrected chi connectivity index (χ3v) is 1.77. The number of nitrogens with two attached hydrogens (primary N) is 1. The Labute approximate surface area is 75.8 Å². The maximum atomic E-state index is 5.58. The van der Waals surface area contributed by atoms with Gasteiger partial charge >= 0.3 is 0 Å². The molecule has 0 heterocycles. The second kappa shape index (κ2) is 6.44. The number of hydrogen-bond acceptors (Lipinski definition) is 1. The molecule has 1 nitrogen and oxygen atoms in total. The monoisotopic (exact) mass is 175 g/mol. The Hall–Kier alpha value is -0.270. The predicted octanol–water partition coefficient (Wildman–Crippen LogP) is 2.53. The van der Waals surface area contributed by atoms with Crippen LogP contribution in [0.2, 0.25) is 0 Å². The Balaban J connectivity index is 0. The predicted molar refractivity (Wildman–Crippen MR) is 54.0 cm³/mol. The van der Waals surface area contributed by atoms with Crippen LogP contribution in [0.25, 0.3) is 0 Å². The van der Waals surface area contributed by atoms with Crippen molar-refractivity contribution < 1.29 is 0 Å². The first-order valence-electron chi connectivity index (χ1n) is 3.60. The molecule has 0 bridgehead atoms. The Morgan fingerprint density at radius 3 is 1.82 bits per heavy atom. The van der Waals surface area contributed by atoms with Gasteiger partial charge in [0.25, 0.3) is 0 Å². The lowest BCUT2D eigenvalue weighted by Gasteiger charge is -2.24. The van der Waals surface area contributed by atoms with E-state index in [0.717, 1.165) is 12.8 Å². The van der Waals surface area contributed by atoms with Gasteiger partial charge in [-0.1, -0.05) is 19.1 Å². The molecule has 0 radical (unpaired) electrons. The van der Waals surface area contributed by atoms with Crippen LogP contribution in [0.4, 0.5) is 0 Å². The van der Waals surface area contributed by atoms with E-state index < -0.39 is 0 Å². The fourth-order valence-corrected chi connectivity index (χ4v) is 0.947. The van der Waals surface area contributed by atoms with Gasteiger partial charge in [0.2, 0.25) is 0 Å². The lowest BCUT2D eigenvalue weighted by molar-refractivity contribution is 0.346. The molecule has 0 aromatic carbocycles. The maximum Gasteiger partial charge on any atom is -0.00172 e. The number of hydrogen-bond donors (Lipinski definition) is 1. The summed E-state index contributed by atoms with van der Waals surface area (Å²) in [5, 5.41) is 0. The summed E-state index contributed by atoms with van der Waals surface area (Å²) in [4.78, 5) is 0. The van der Waals surface area contributed by atoms with Crippen LogP contribution < -0.4 is 5.73 Å². The van der Waals surface area contributed by atoms with Crippen LogP contribution in [0.15, 0.2) is 25.3 Å². The number of halogens is 1. The first kappa shape index (κ1) is 13.3. The summed E-state index contributed by atoms with van der Waals surface area (Å²) in [5.74, 6) is 0. The van der Waals surface area contributed by atoms with Crippen LogP contribution >= 0.6 is 12.4 Å². The number of allylic oxidation sites excluding steroid dienone is 2. The van der Waals surface area contributed by atoms with E-state index in [0.29, 0.717) is 6.54 Å². The van der Waals surface area contributed by atoms with Crippen molar-refractivity contribution in [2.75, 3.05) is 6.54 Å². The topological polar surface area (TPSA) is 26.0 Å². The molecule has 0 aromatic rings. The van der Waals surface area contributed by atoms with Gasteiger partial charge in [0.1, 0.15) is 0 Å². The molecule has 2 heteroatoms. The fraction of sp³-hybridized carbons (Fsp3) is 0.556. The van der Waals surface area contributed by atoms with Gasteiger partial charge in [-0.25, -0.2) is 0 Å². The van der Waals surface area contributed by atoms with Gasteiger partial charge in [0, 0.05) is 0 Å². The molecule has 0 spiro atoms. The van der Waals surface area contributed by atoms with E-state index in [2.05, 4.69) is 20.1 Å². The van der Waals surface area contributed by atoms with Crippen LogP contribution in [0.5, 0.6) is 0 Å². The highest BCUT2D eigenvalue weighted by Crippen LogP contribution is 2.24. The second-order valence-electron chi connectivity index (χ2n) is 3.00. The quantitative estimate of drug-likeness (QED) is 0.639. The summed E-state index contributed by atoms with van der Waals surface area (Å²) < 4.78 is 0. The van der Waals surface area contributed by atoms with Crippen molar-refractivity contribution in [3.05, 3.63) is 25.3 Å². The molecule has 0 fully saturated rings. The van der Waals surface area contributed by atoms with Crippen molar-refractivity contribution in [1.29, 1.82) is 0 Å². The lowest BCUT2D eigenvalue weighted by atomic mass is 9.84. The fourth-order valence-electron chi connectivity index (χ4n) is 0.947. The molecule has 0 aliphatic rings. The van der Waals surface area contributed by atoms with Gasteiger partial charge < -0.3 is 5.73 Å². The standard InChI is InChI=1S/C9H17N.ClH/c1-4-6-9(3,8-10)7-5-2;/h4-5H,1-2,6-8,10H2,3H3;1H. The molecule has 0 atom stereocenters.